The molecule has 138 valence electrons. The van der Waals surface area contributed by atoms with E-state index < -0.39 is 5.92 Å². The maximum Gasteiger partial charge on any atom is 0.235 e. The molecule has 1 amide bonds. The minimum absolute atomic E-state index is 0.0245. The van der Waals surface area contributed by atoms with E-state index in [2.05, 4.69) is 0 Å². The Balaban J connectivity index is 1.72. The van der Waals surface area contributed by atoms with Crippen LogP contribution in [0, 0.1) is 0 Å². The number of ether oxygens (including phenoxy) is 2. The number of carbonyl (C=O) groups excluding carboxylic acids is 1. The summed E-state index contributed by atoms with van der Waals surface area (Å²) in [4.78, 5) is 15.5. The molecule has 0 unspecified atom stereocenters. The molecule has 3 aromatic rings. The smallest absolute Gasteiger partial charge is 0.235 e. The van der Waals surface area contributed by atoms with Gasteiger partial charge in [0.25, 0.3) is 0 Å². The van der Waals surface area contributed by atoms with Gasteiger partial charge in [0.1, 0.15) is 11.5 Å². The summed E-state index contributed by atoms with van der Waals surface area (Å²) in [6, 6.07) is 17.3. The van der Waals surface area contributed by atoms with Gasteiger partial charge in [-0.2, -0.15) is 0 Å². The monoisotopic (exact) mass is 363 g/mol. The van der Waals surface area contributed by atoms with Gasteiger partial charge in [0.05, 0.1) is 25.1 Å². The second-order valence-corrected chi connectivity index (χ2v) is 6.49. The molecule has 0 aliphatic carbocycles. The highest BCUT2D eigenvalue weighted by Gasteiger charge is 2.35. The third-order valence-corrected chi connectivity index (χ3v) is 4.76. The minimum Gasteiger partial charge on any atom is -0.472 e. The first kappa shape index (κ1) is 17.4. The SMILES string of the molecule is COCCN(Cc1ccoc1)C(=O)C1c2ccccc2Oc2ccccc21. The quantitative estimate of drug-likeness (QED) is 0.659. The molecule has 0 radical (unpaired) electrons. The van der Waals surface area contributed by atoms with Crippen LogP contribution in [0.25, 0.3) is 0 Å². The molecule has 5 heteroatoms. The Kier molecular flexibility index (Phi) is 4.94. The molecule has 0 saturated carbocycles. The van der Waals surface area contributed by atoms with Crippen molar-refractivity contribution >= 4 is 5.91 Å². The Morgan fingerprint density at radius 1 is 1.04 bits per heavy atom. The summed E-state index contributed by atoms with van der Waals surface area (Å²) < 4.78 is 16.4. The van der Waals surface area contributed by atoms with Crippen molar-refractivity contribution in [2.75, 3.05) is 20.3 Å². The standard InChI is InChI=1S/C22H21NO4/c1-25-13-11-23(14-16-10-12-26-15-16)22(24)21-17-6-2-4-8-19(17)27-20-9-5-3-7-18(20)21/h2-10,12,15,21H,11,13-14H2,1H3. The van der Waals surface area contributed by atoms with Gasteiger partial charge in [-0.25, -0.2) is 0 Å². The van der Waals surface area contributed by atoms with E-state index >= 15 is 0 Å². The van der Waals surface area contributed by atoms with Gasteiger partial charge in [-0.1, -0.05) is 36.4 Å². The lowest BCUT2D eigenvalue weighted by Crippen LogP contribution is -2.38. The lowest BCUT2D eigenvalue weighted by atomic mass is 9.86. The number of para-hydroxylation sites is 2. The highest BCUT2D eigenvalue weighted by Crippen LogP contribution is 2.44. The Morgan fingerprint density at radius 2 is 1.70 bits per heavy atom. The fourth-order valence-electron chi connectivity index (χ4n) is 3.43. The summed E-state index contributed by atoms with van der Waals surface area (Å²) in [5.41, 5.74) is 2.72. The predicted molar refractivity (Wildman–Crippen MR) is 101 cm³/mol. The number of amides is 1. The van der Waals surface area contributed by atoms with Crippen LogP contribution >= 0.6 is 0 Å². The largest absolute Gasteiger partial charge is 0.472 e. The zero-order chi connectivity index (χ0) is 18.6. The number of benzene rings is 2. The summed E-state index contributed by atoms with van der Waals surface area (Å²) in [6.07, 6.45) is 3.28. The van der Waals surface area contributed by atoms with Crippen molar-refractivity contribution in [2.45, 2.75) is 12.5 Å². The van der Waals surface area contributed by atoms with Gasteiger partial charge in [0.15, 0.2) is 0 Å². The molecule has 0 N–H and O–H groups in total. The van der Waals surface area contributed by atoms with Crippen LogP contribution in [0.2, 0.25) is 0 Å². The molecule has 27 heavy (non-hydrogen) atoms. The van der Waals surface area contributed by atoms with Gasteiger partial charge in [0, 0.05) is 36.9 Å². The number of fused-ring (bicyclic) bond motifs is 2. The van der Waals surface area contributed by atoms with Crippen LogP contribution in [0.1, 0.15) is 22.6 Å². The average Bonchev–Trinajstić information content (AvgIpc) is 3.22. The first-order valence-electron chi connectivity index (χ1n) is 8.92. The Bertz CT molecular complexity index is 874. The van der Waals surface area contributed by atoms with Crippen molar-refractivity contribution in [2.24, 2.45) is 0 Å². The molecule has 2 heterocycles. The molecular weight excluding hydrogens is 342 g/mol. The summed E-state index contributed by atoms with van der Waals surface area (Å²) >= 11 is 0. The van der Waals surface area contributed by atoms with Crippen LogP contribution < -0.4 is 4.74 Å². The lowest BCUT2D eigenvalue weighted by Gasteiger charge is -2.32. The highest BCUT2D eigenvalue weighted by atomic mass is 16.5. The van der Waals surface area contributed by atoms with Gasteiger partial charge < -0.3 is 18.8 Å². The molecule has 5 nitrogen and oxygen atoms in total. The molecule has 1 aromatic heterocycles. The Morgan fingerprint density at radius 3 is 2.30 bits per heavy atom. The fraction of sp³-hybridized carbons (Fsp3) is 0.227. The third kappa shape index (κ3) is 3.46. The van der Waals surface area contributed by atoms with Crippen LogP contribution in [-0.2, 0) is 16.1 Å². The second kappa shape index (κ2) is 7.68. The number of methoxy groups -OCH3 is 1. The van der Waals surface area contributed by atoms with E-state index in [9.17, 15) is 4.79 Å². The molecule has 0 bridgehead atoms. The van der Waals surface area contributed by atoms with Crippen molar-refractivity contribution in [3.05, 3.63) is 83.8 Å². The van der Waals surface area contributed by atoms with E-state index in [0.29, 0.717) is 19.7 Å². The van der Waals surface area contributed by atoms with E-state index in [0.717, 1.165) is 28.2 Å². The zero-order valence-corrected chi connectivity index (χ0v) is 15.1. The number of carbonyl (C=O) groups is 1. The van der Waals surface area contributed by atoms with E-state index in [1.54, 1.807) is 19.6 Å². The Hall–Kier alpha value is -3.05. The van der Waals surface area contributed by atoms with Crippen LogP contribution in [0.3, 0.4) is 0 Å². The zero-order valence-electron chi connectivity index (χ0n) is 15.1. The van der Waals surface area contributed by atoms with Crippen molar-refractivity contribution < 1.29 is 18.7 Å². The topological polar surface area (TPSA) is 51.9 Å². The van der Waals surface area contributed by atoms with Crippen LogP contribution in [-0.4, -0.2) is 31.1 Å². The summed E-state index contributed by atoms with van der Waals surface area (Å²) in [6.45, 7) is 1.44. The molecule has 2 aromatic carbocycles. The fourth-order valence-corrected chi connectivity index (χ4v) is 3.43. The summed E-state index contributed by atoms with van der Waals surface area (Å²) in [5, 5.41) is 0. The van der Waals surface area contributed by atoms with Crippen molar-refractivity contribution in [3.8, 4) is 11.5 Å². The van der Waals surface area contributed by atoms with Crippen LogP contribution in [0.4, 0.5) is 0 Å². The first-order chi connectivity index (χ1) is 13.3. The number of hydrogen-bond acceptors (Lipinski definition) is 4. The molecule has 0 spiro atoms. The summed E-state index contributed by atoms with van der Waals surface area (Å²) in [7, 11) is 1.64. The molecule has 4 rings (SSSR count). The second-order valence-electron chi connectivity index (χ2n) is 6.49. The van der Waals surface area contributed by atoms with Gasteiger partial charge in [-0.15, -0.1) is 0 Å². The third-order valence-electron chi connectivity index (χ3n) is 4.76. The molecule has 0 saturated heterocycles. The van der Waals surface area contributed by atoms with E-state index in [1.807, 2.05) is 59.5 Å². The average molecular weight is 363 g/mol. The number of furan rings is 1. The molecule has 1 aliphatic heterocycles. The van der Waals surface area contributed by atoms with Crippen molar-refractivity contribution in [3.63, 3.8) is 0 Å². The number of hydrogen-bond donors (Lipinski definition) is 0. The van der Waals surface area contributed by atoms with Crippen LogP contribution in [0.15, 0.2) is 71.5 Å². The lowest BCUT2D eigenvalue weighted by molar-refractivity contribution is -0.133. The van der Waals surface area contributed by atoms with Gasteiger partial charge in [-0.05, 0) is 18.2 Å². The normalized spacial score (nSPS) is 12.8. The van der Waals surface area contributed by atoms with Crippen molar-refractivity contribution in [1.29, 1.82) is 0 Å². The minimum atomic E-state index is -0.407. The van der Waals surface area contributed by atoms with Gasteiger partial charge in [-0.3, -0.25) is 4.79 Å². The predicted octanol–water partition coefficient (Wildman–Crippen LogP) is 4.19. The van der Waals surface area contributed by atoms with Crippen molar-refractivity contribution in [1.82, 2.24) is 4.90 Å². The molecular formula is C22H21NO4. The number of nitrogens with zero attached hydrogens (tertiary/aromatic N) is 1. The summed E-state index contributed by atoms with van der Waals surface area (Å²) in [5.74, 6) is 1.07. The molecule has 0 atom stereocenters. The molecule has 0 fully saturated rings. The maximum absolute atomic E-state index is 13.6. The van der Waals surface area contributed by atoms with E-state index in [-0.39, 0.29) is 5.91 Å². The van der Waals surface area contributed by atoms with Gasteiger partial charge >= 0.3 is 0 Å². The van der Waals surface area contributed by atoms with E-state index in [1.165, 1.54) is 0 Å². The van der Waals surface area contributed by atoms with Gasteiger partial charge in [0.2, 0.25) is 5.91 Å². The van der Waals surface area contributed by atoms with E-state index in [4.69, 9.17) is 13.9 Å². The van der Waals surface area contributed by atoms with Crippen LogP contribution in [0.5, 0.6) is 11.5 Å². The number of rotatable bonds is 6. The molecule has 1 aliphatic rings. The Labute approximate surface area is 158 Å². The highest BCUT2D eigenvalue weighted by molar-refractivity contribution is 5.89. The first-order valence-corrected chi connectivity index (χ1v) is 8.92. The maximum atomic E-state index is 13.6.